The predicted octanol–water partition coefficient (Wildman–Crippen LogP) is 2.53. The molecule has 2 N–H and O–H groups in total. The second kappa shape index (κ2) is 8.98. The molecule has 2 heterocycles. The van der Waals surface area contributed by atoms with Crippen molar-refractivity contribution < 1.29 is 14.5 Å². The molecule has 10 nitrogen and oxygen atoms in total. The lowest BCUT2D eigenvalue weighted by atomic mass is 10.2. The van der Waals surface area contributed by atoms with Gasteiger partial charge in [0.2, 0.25) is 11.6 Å². The molecule has 1 aliphatic heterocycles. The summed E-state index contributed by atoms with van der Waals surface area (Å²) in [6.07, 6.45) is 5.36. The van der Waals surface area contributed by atoms with Gasteiger partial charge in [-0.25, -0.2) is 9.97 Å². The number of aromatic nitrogens is 2. The standard InChI is InChI=1S/C18H22N6O4/c1-28-14-8-6-13(7-9-14)18(25)22-21-16-15(24(26)27)17(20-12-19-16)23-10-4-2-3-5-11-23/h6-9,12H,2-5,10-11H2,1H3,(H,22,25)(H,19,20,21). The Morgan fingerprint density at radius 2 is 1.82 bits per heavy atom. The van der Waals surface area contributed by atoms with Gasteiger partial charge in [-0.1, -0.05) is 12.8 Å². The fourth-order valence-electron chi connectivity index (χ4n) is 3.07. The first kappa shape index (κ1) is 19.3. The number of anilines is 2. The Balaban J connectivity index is 1.78. The van der Waals surface area contributed by atoms with E-state index >= 15 is 0 Å². The zero-order chi connectivity index (χ0) is 19.9. The molecule has 1 aromatic heterocycles. The van der Waals surface area contributed by atoms with Gasteiger partial charge in [0.15, 0.2) is 0 Å². The molecule has 1 fully saturated rings. The molecule has 1 aromatic carbocycles. The van der Waals surface area contributed by atoms with Gasteiger partial charge < -0.3 is 9.64 Å². The van der Waals surface area contributed by atoms with Crippen LogP contribution in [0.2, 0.25) is 0 Å². The van der Waals surface area contributed by atoms with Gasteiger partial charge in [-0.15, -0.1) is 0 Å². The first-order valence-electron chi connectivity index (χ1n) is 9.05. The lowest BCUT2D eigenvalue weighted by molar-refractivity contribution is -0.383. The van der Waals surface area contributed by atoms with Crippen molar-refractivity contribution in [1.82, 2.24) is 15.4 Å². The Hall–Kier alpha value is -3.43. The van der Waals surface area contributed by atoms with Crippen LogP contribution < -0.4 is 20.5 Å². The molecule has 28 heavy (non-hydrogen) atoms. The molecular formula is C18H22N6O4. The van der Waals surface area contributed by atoms with Crippen molar-refractivity contribution >= 4 is 23.2 Å². The zero-order valence-corrected chi connectivity index (χ0v) is 15.6. The van der Waals surface area contributed by atoms with E-state index in [2.05, 4.69) is 20.8 Å². The number of carbonyl (C=O) groups excluding carboxylic acids is 1. The normalized spacial score (nSPS) is 14.1. The summed E-state index contributed by atoms with van der Waals surface area (Å²) in [4.78, 5) is 33.4. The Morgan fingerprint density at radius 1 is 1.14 bits per heavy atom. The number of nitro groups is 1. The fourth-order valence-corrected chi connectivity index (χ4v) is 3.07. The van der Waals surface area contributed by atoms with Gasteiger partial charge in [0, 0.05) is 18.7 Å². The molecule has 148 valence electrons. The van der Waals surface area contributed by atoms with Crippen molar-refractivity contribution in [2.24, 2.45) is 0 Å². The van der Waals surface area contributed by atoms with E-state index in [1.54, 1.807) is 24.3 Å². The summed E-state index contributed by atoms with van der Waals surface area (Å²) < 4.78 is 5.06. The molecular weight excluding hydrogens is 364 g/mol. The molecule has 0 bridgehead atoms. The summed E-state index contributed by atoms with van der Waals surface area (Å²) in [6, 6.07) is 6.48. The van der Waals surface area contributed by atoms with Crippen molar-refractivity contribution in [3.8, 4) is 5.75 Å². The van der Waals surface area contributed by atoms with Crippen LogP contribution in [-0.2, 0) is 0 Å². The SMILES string of the molecule is COc1ccc(C(=O)NNc2ncnc(N3CCCCCC3)c2[N+](=O)[O-])cc1. The van der Waals surface area contributed by atoms with E-state index in [0.29, 0.717) is 24.4 Å². The largest absolute Gasteiger partial charge is 0.497 e. The lowest BCUT2D eigenvalue weighted by Gasteiger charge is -2.21. The molecule has 2 aromatic rings. The molecule has 0 aliphatic carbocycles. The fraction of sp³-hybridized carbons (Fsp3) is 0.389. The van der Waals surface area contributed by atoms with Crippen molar-refractivity contribution in [2.75, 3.05) is 30.5 Å². The minimum atomic E-state index is -0.526. The number of methoxy groups -OCH3 is 1. The maximum atomic E-state index is 12.3. The van der Waals surface area contributed by atoms with Gasteiger partial charge in [-0.3, -0.25) is 25.8 Å². The van der Waals surface area contributed by atoms with Gasteiger partial charge >= 0.3 is 5.69 Å². The first-order valence-corrected chi connectivity index (χ1v) is 9.05. The summed E-state index contributed by atoms with van der Waals surface area (Å²) in [7, 11) is 1.53. The van der Waals surface area contributed by atoms with E-state index < -0.39 is 10.8 Å². The highest BCUT2D eigenvalue weighted by Gasteiger charge is 2.27. The van der Waals surface area contributed by atoms with Crippen LogP contribution in [0.3, 0.4) is 0 Å². The highest BCUT2D eigenvalue weighted by atomic mass is 16.6. The summed E-state index contributed by atoms with van der Waals surface area (Å²) in [5.74, 6) is 0.383. The van der Waals surface area contributed by atoms with Crippen LogP contribution in [0.25, 0.3) is 0 Å². The minimum Gasteiger partial charge on any atom is -0.497 e. The van der Waals surface area contributed by atoms with Crippen molar-refractivity contribution in [2.45, 2.75) is 25.7 Å². The highest BCUT2D eigenvalue weighted by Crippen LogP contribution is 2.32. The predicted molar refractivity (Wildman–Crippen MR) is 103 cm³/mol. The number of nitrogens with one attached hydrogen (secondary N) is 2. The van der Waals surface area contributed by atoms with E-state index in [1.165, 1.54) is 13.4 Å². The van der Waals surface area contributed by atoms with E-state index in [-0.39, 0.29) is 17.3 Å². The van der Waals surface area contributed by atoms with Gasteiger partial charge in [0.25, 0.3) is 5.91 Å². The van der Waals surface area contributed by atoms with Crippen molar-refractivity contribution in [1.29, 1.82) is 0 Å². The molecule has 1 saturated heterocycles. The average molecular weight is 386 g/mol. The third kappa shape index (κ3) is 4.45. The van der Waals surface area contributed by atoms with E-state index in [9.17, 15) is 14.9 Å². The molecule has 0 radical (unpaired) electrons. The zero-order valence-electron chi connectivity index (χ0n) is 15.6. The molecule has 0 atom stereocenters. The van der Waals surface area contributed by atoms with Gasteiger partial charge in [0.05, 0.1) is 12.0 Å². The third-order valence-electron chi connectivity index (χ3n) is 4.54. The molecule has 10 heteroatoms. The molecule has 1 amide bonds. The highest BCUT2D eigenvalue weighted by molar-refractivity contribution is 5.95. The van der Waals surface area contributed by atoms with Crippen LogP contribution in [0.1, 0.15) is 36.0 Å². The average Bonchev–Trinajstić information content (AvgIpc) is 3.01. The quantitative estimate of drug-likeness (QED) is 0.573. The molecule has 0 unspecified atom stereocenters. The summed E-state index contributed by atoms with van der Waals surface area (Å²) >= 11 is 0. The molecule has 0 saturated carbocycles. The minimum absolute atomic E-state index is 0.0545. The lowest BCUT2D eigenvalue weighted by Crippen LogP contribution is -2.31. The van der Waals surface area contributed by atoms with Gasteiger partial charge in [-0.05, 0) is 37.1 Å². The van der Waals surface area contributed by atoms with E-state index in [4.69, 9.17) is 4.74 Å². The second-order valence-corrected chi connectivity index (χ2v) is 6.36. The monoisotopic (exact) mass is 386 g/mol. The molecule has 3 rings (SSSR count). The summed E-state index contributed by atoms with van der Waals surface area (Å²) in [5.41, 5.74) is 5.14. The van der Waals surface area contributed by atoms with Crippen molar-refractivity contribution in [3.63, 3.8) is 0 Å². The number of hydrogen-bond donors (Lipinski definition) is 2. The number of hydrazine groups is 1. The third-order valence-corrected chi connectivity index (χ3v) is 4.54. The number of benzene rings is 1. The first-order chi connectivity index (χ1) is 13.6. The topological polar surface area (TPSA) is 123 Å². The van der Waals surface area contributed by atoms with Crippen molar-refractivity contribution in [3.05, 3.63) is 46.3 Å². The van der Waals surface area contributed by atoms with E-state index in [0.717, 1.165) is 25.7 Å². The van der Waals surface area contributed by atoms with E-state index in [1.807, 2.05) is 4.90 Å². The maximum Gasteiger partial charge on any atom is 0.355 e. The van der Waals surface area contributed by atoms with Gasteiger partial charge in [-0.2, -0.15) is 0 Å². The maximum absolute atomic E-state index is 12.3. The number of ether oxygens (including phenoxy) is 1. The summed E-state index contributed by atoms with van der Waals surface area (Å²) in [5, 5.41) is 11.7. The van der Waals surface area contributed by atoms with Crippen LogP contribution in [-0.4, -0.2) is 41.0 Å². The van der Waals surface area contributed by atoms with Crippen LogP contribution >= 0.6 is 0 Å². The van der Waals surface area contributed by atoms with Gasteiger partial charge in [0.1, 0.15) is 12.1 Å². The Labute approximate surface area is 162 Å². The Morgan fingerprint density at radius 3 is 2.43 bits per heavy atom. The number of hydrogen-bond acceptors (Lipinski definition) is 8. The smallest absolute Gasteiger partial charge is 0.355 e. The number of nitrogens with zero attached hydrogens (tertiary/aromatic N) is 4. The van der Waals surface area contributed by atoms with Crippen LogP contribution in [0.15, 0.2) is 30.6 Å². The van der Waals surface area contributed by atoms with Crippen LogP contribution in [0, 0.1) is 10.1 Å². The number of rotatable bonds is 6. The molecule has 1 aliphatic rings. The number of amides is 1. The van der Waals surface area contributed by atoms with Crippen LogP contribution in [0.5, 0.6) is 5.75 Å². The number of carbonyl (C=O) groups is 1. The van der Waals surface area contributed by atoms with Crippen LogP contribution in [0.4, 0.5) is 17.3 Å². The second-order valence-electron chi connectivity index (χ2n) is 6.36. The molecule has 0 spiro atoms. The Bertz CT molecular complexity index is 834. The Kier molecular flexibility index (Phi) is 6.20. The summed E-state index contributed by atoms with van der Waals surface area (Å²) in [6.45, 7) is 1.41.